The molecule has 2 aliphatic rings. The maximum Gasteiger partial charge on any atom is 0.408 e. The maximum absolute atomic E-state index is 14.1. The van der Waals surface area contributed by atoms with E-state index < -0.39 is 17.5 Å². The topological polar surface area (TPSA) is 63.3 Å². The van der Waals surface area contributed by atoms with Gasteiger partial charge in [-0.1, -0.05) is 0 Å². The minimum absolute atomic E-state index is 0.0289. The standard InChI is InChI=1S/C23H33F4N4O2P/c1-22(24,25)21(28)20(16-29-18-2-4-19(5-3-18)33-23(26,27)34)17-6-8-30(9-7-17)10-11-31-12-14-32-15-13-31/h2-5,16-17H,6-15,28,34H2,1H3/b21-20+,29-16?. The Kier molecular flexibility index (Phi) is 9.32. The van der Waals surface area contributed by atoms with Gasteiger partial charge in [-0.15, -0.1) is 0 Å². The third-order valence-corrected chi connectivity index (χ3v) is 6.21. The Bertz CT molecular complexity index is 842. The molecule has 1 aromatic carbocycles. The summed E-state index contributed by atoms with van der Waals surface area (Å²) >= 11 is 0. The molecule has 0 aliphatic carbocycles. The van der Waals surface area contributed by atoms with Crippen molar-refractivity contribution >= 4 is 21.1 Å². The average Bonchev–Trinajstić information content (AvgIpc) is 2.78. The van der Waals surface area contributed by atoms with Gasteiger partial charge in [-0.25, -0.2) is 8.78 Å². The second kappa shape index (κ2) is 11.8. The third-order valence-electron chi connectivity index (χ3n) is 6.09. The molecule has 0 radical (unpaired) electrons. The number of likely N-dealkylation sites (tertiary alicyclic amines) is 1. The molecular formula is C23H33F4N4O2P. The number of nitrogens with two attached hydrogens (primary N) is 1. The highest BCUT2D eigenvalue weighted by Crippen LogP contribution is 2.32. The second-order valence-electron chi connectivity index (χ2n) is 8.74. The number of rotatable bonds is 9. The van der Waals surface area contributed by atoms with E-state index >= 15 is 0 Å². The Labute approximate surface area is 200 Å². The molecule has 6 nitrogen and oxygen atoms in total. The van der Waals surface area contributed by atoms with Crippen molar-refractivity contribution in [1.82, 2.24) is 9.80 Å². The molecule has 1 atom stereocenters. The summed E-state index contributed by atoms with van der Waals surface area (Å²) < 4.78 is 63.9. The molecule has 3 rings (SSSR count). The Morgan fingerprint density at radius 3 is 2.18 bits per heavy atom. The number of allylic oxidation sites excluding steroid dienone is 2. The van der Waals surface area contributed by atoms with Crippen molar-refractivity contribution < 1.29 is 27.0 Å². The van der Waals surface area contributed by atoms with Crippen LogP contribution in [0.5, 0.6) is 5.75 Å². The van der Waals surface area contributed by atoms with Crippen molar-refractivity contribution in [1.29, 1.82) is 0 Å². The molecule has 0 spiro atoms. The van der Waals surface area contributed by atoms with Gasteiger partial charge in [0, 0.05) is 39.3 Å². The smallest absolute Gasteiger partial charge is 0.408 e. The zero-order valence-electron chi connectivity index (χ0n) is 19.4. The SMILES string of the molecule is CC(F)(F)/C(N)=C(/C=Nc1ccc(OC(F)(F)P)cc1)C1CCN(CCN2CCOCC2)CC1. The Morgan fingerprint density at radius 1 is 1.09 bits per heavy atom. The van der Waals surface area contributed by atoms with Crippen molar-refractivity contribution in [3.8, 4) is 5.75 Å². The largest absolute Gasteiger partial charge is 0.430 e. The molecule has 1 unspecified atom stereocenters. The van der Waals surface area contributed by atoms with Crippen LogP contribution in [0, 0.1) is 5.92 Å². The lowest BCUT2D eigenvalue weighted by Crippen LogP contribution is -2.43. The number of hydrogen-bond donors (Lipinski definition) is 1. The molecule has 0 aromatic heterocycles. The van der Waals surface area contributed by atoms with Crippen LogP contribution in [-0.4, -0.2) is 80.3 Å². The maximum atomic E-state index is 14.1. The predicted molar refractivity (Wildman–Crippen MR) is 128 cm³/mol. The van der Waals surface area contributed by atoms with E-state index in [4.69, 9.17) is 10.5 Å². The van der Waals surface area contributed by atoms with Crippen LogP contribution >= 0.6 is 9.24 Å². The van der Waals surface area contributed by atoms with E-state index in [9.17, 15) is 17.6 Å². The highest BCUT2D eigenvalue weighted by molar-refractivity contribution is 7.17. The van der Waals surface area contributed by atoms with Crippen LogP contribution in [0.1, 0.15) is 19.8 Å². The molecule has 0 amide bonds. The van der Waals surface area contributed by atoms with Gasteiger partial charge in [0.2, 0.25) is 0 Å². The number of nitrogens with zero attached hydrogens (tertiary/aromatic N) is 3. The quantitative estimate of drug-likeness (QED) is 0.312. The normalized spacial score (nSPS) is 20.5. The van der Waals surface area contributed by atoms with E-state index in [1.807, 2.05) is 0 Å². The van der Waals surface area contributed by atoms with Crippen molar-refractivity contribution in [3.63, 3.8) is 0 Å². The number of benzene rings is 1. The minimum Gasteiger partial charge on any atom is -0.430 e. The molecular weight excluding hydrogens is 471 g/mol. The number of aliphatic imine (C=N–C) groups is 1. The second-order valence-corrected chi connectivity index (χ2v) is 9.42. The van der Waals surface area contributed by atoms with Crippen LogP contribution in [0.4, 0.5) is 23.2 Å². The van der Waals surface area contributed by atoms with Gasteiger partial charge in [0.25, 0.3) is 5.92 Å². The first kappa shape index (κ1) is 26.9. The van der Waals surface area contributed by atoms with Gasteiger partial charge in [0.1, 0.15) is 5.75 Å². The van der Waals surface area contributed by atoms with Gasteiger partial charge in [0.15, 0.2) is 0 Å². The van der Waals surface area contributed by atoms with Crippen LogP contribution in [0.3, 0.4) is 0 Å². The van der Waals surface area contributed by atoms with Gasteiger partial charge in [-0.3, -0.25) is 9.89 Å². The summed E-state index contributed by atoms with van der Waals surface area (Å²) in [5.74, 6) is -6.71. The lowest BCUT2D eigenvalue weighted by Gasteiger charge is -2.35. The number of piperidine rings is 1. The van der Waals surface area contributed by atoms with Crippen LogP contribution in [0.15, 0.2) is 40.5 Å². The molecule has 1 aromatic rings. The molecule has 2 fully saturated rings. The lowest BCUT2D eigenvalue weighted by molar-refractivity contribution is -0.0892. The predicted octanol–water partition coefficient (Wildman–Crippen LogP) is 4.11. The lowest BCUT2D eigenvalue weighted by atomic mass is 9.87. The molecule has 2 N–H and O–H groups in total. The fraction of sp³-hybridized carbons (Fsp3) is 0.609. The molecule has 2 saturated heterocycles. The zero-order chi connectivity index (χ0) is 24.8. The molecule has 0 saturated carbocycles. The van der Waals surface area contributed by atoms with Crippen LogP contribution in [-0.2, 0) is 4.74 Å². The number of alkyl halides is 4. The van der Waals surface area contributed by atoms with Crippen LogP contribution in [0.25, 0.3) is 0 Å². The Hall–Kier alpha value is -1.74. The summed E-state index contributed by atoms with van der Waals surface area (Å²) in [4.78, 5) is 9.02. The summed E-state index contributed by atoms with van der Waals surface area (Å²) in [5, 5.41) is 0. The average molecular weight is 505 g/mol. The molecule has 0 bridgehead atoms. The van der Waals surface area contributed by atoms with Gasteiger partial charge >= 0.3 is 5.85 Å². The summed E-state index contributed by atoms with van der Waals surface area (Å²) in [6, 6.07) is 5.65. The van der Waals surface area contributed by atoms with E-state index in [0.29, 0.717) is 24.1 Å². The third kappa shape index (κ3) is 8.48. The van der Waals surface area contributed by atoms with Gasteiger partial charge in [-0.05, 0) is 70.9 Å². The van der Waals surface area contributed by atoms with E-state index in [1.165, 1.54) is 39.7 Å². The summed E-state index contributed by atoms with van der Waals surface area (Å²) in [6.45, 7) is 7.68. The summed E-state index contributed by atoms with van der Waals surface area (Å²) in [7, 11) is 1.30. The highest BCUT2D eigenvalue weighted by atomic mass is 31.0. The Balaban J connectivity index is 1.63. The van der Waals surface area contributed by atoms with Crippen molar-refractivity contribution in [3.05, 3.63) is 35.5 Å². The van der Waals surface area contributed by atoms with E-state index in [0.717, 1.165) is 59.4 Å². The first-order valence-corrected chi connectivity index (χ1v) is 12.0. The van der Waals surface area contributed by atoms with Crippen molar-refractivity contribution in [2.45, 2.75) is 31.5 Å². The van der Waals surface area contributed by atoms with E-state index in [1.54, 1.807) is 0 Å². The van der Waals surface area contributed by atoms with Crippen molar-refractivity contribution in [2.75, 3.05) is 52.5 Å². The number of ether oxygens (including phenoxy) is 2. The molecule has 2 heterocycles. The molecule has 2 aliphatic heterocycles. The fourth-order valence-electron chi connectivity index (χ4n) is 4.12. The van der Waals surface area contributed by atoms with Crippen LogP contribution < -0.4 is 10.5 Å². The number of halogens is 4. The Morgan fingerprint density at radius 2 is 1.65 bits per heavy atom. The first-order valence-electron chi connectivity index (χ1n) is 11.4. The molecule has 190 valence electrons. The zero-order valence-corrected chi connectivity index (χ0v) is 20.5. The molecule has 11 heteroatoms. The highest BCUT2D eigenvalue weighted by Gasteiger charge is 2.32. The fourth-order valence-corrected chi connectivity index (χ4v) is 4.26. The monoisotopic (exact) mass is 504 g/mol. The van der Waals surface area contributed by atoms with Gasteiger partial charge in [0.05, 0.1) is 24.6 Å². The van der Waals surface area contributed by atoms with Gasteiger partial charge in [-0.2, -0.15) is 8.78 Å². The summed E-state index contributed by atoms with van der Waals surface area (Å²) in [5.41, 5.74) is 6.15. The number of hydrogen-bond acceptors (Lipinski definition) is 6. The molecule has 34 heavy (non-hydrogen) atoms. The van der Waals surface area contributed by atoms with Gasteiger partial charge < -0.3 is 20.1 Å². The number of morpholine rings is 1. The van der Waals surface area contributed by atoms with E-state index in [-0.39, 0.29) is 11.7 Å². The van der Waals surface area contributed by atoms with E-state index in [2.05, 4.69) is 19.5 Å². The summed E-state index contributed by atoms with van der Waals surface area (Å²) in [6.07, 6.45) is 2.80. The van der Waals surface area contributed by atoms with Crippen LogP contribution in [0.2, 0.25) is 0 Å². The first-order chi connectivity index (χ1) is 16.0. The van der Waals surface area contributed by atoms with Crippen molar-refractivity contribution in [2.24, 2.45) is 16.6 Å². The minimum atomic E-state index is -3.38.